The number of rotatable bonds is 4. The Balaban J connectivity index is 1.93. The zero-order chi connectivity index (χ0) is 17.3. The molecule has 0 radical (unpaired) electrons. The average Bonchev–Trinajstić information content (AvgIpc) is 2.84. The van der Waals surface area contributed by atoms with Crippen molar-refractivity contribution in [2.75, 3.05) is 0 Å². The predicted octanol–water partition coefficient (Wildman–Crippen LogP) is 3.74. The molecular weight excluding hydrogens is 307 g/mol. The van der Waals surface area contributed by atoms with Gasteiger partial charge in [0.05, 0.1) is 5.56 Å². The number of nitrogens with zero attached hydrogens (tertiary/aromatic N) is 1. The Labute approximate surface area is 139 Å². The molecule has 0 saturated carbocycles. The number of aromatic hydroxyl groups is 1. The number of hydrogen-bond acceptors (Lipinski definition) is 2. The van der Waals surface area contributed by atoms with Gasteiger partial charge >= 0.3 is 0 Å². The normalized spacial score (nSPS) is 11.0. The molecule has 0 spiro atoms. The van der Waals surface area contributed by atoms with Gasteiger partial charge < -0.3 is 15.0 Å². The van der Waals surface area contributed by atoms with E-state index in [2.05, 4.69) is 5.32 Å². The van der Waals surface area contributed by atoms with Crippen LogP contribution in [0.2, 0.25) is 0 Å². The quantitative estimate of drug-likeness (QED) is 0.767. The minimum absolute atomic E-state index is 0.128. The minimum atomic E-state index is -0.303. The number of carbonyl (C=O) groups excluding carboxylic acids is 1. The van der Waals surface area contributed by atoms with E-state index < -0.39 is 0 Å². The van der Waals surface area contributed by atoms with Crippen molar-refractivity contribution >= 4 is 16.8 Å². The van der Waals surface area contributed by atoms with Gasteiger partial charge in [-0.1, -0.05) is 12.1 Å². The van der Waals surface area contributed by atoms with Crippen molar-refractivity contribution in [2.45, 2.75) is 26.9 Å². The van der Waals surface area contributed by atoms with Gasteiger partial charge in [0.2, 0.25) is 0 Å². The molecule has 0 aliphatic rings. The molecule has 24 heavy (non-hydrogen) atoms. The molecule has 1 aromatic heterocycles. The number of phenols is 1. The minimum Gasteiger partial charge on any atom is -0.508 e. The zero-order valence-electron chi connectivity index (χ0n) is 13.6. The molecule has 0 aliphatic carbocycles. The van der Waals surface area contributed by atoms with Crippen molar-refractivity contribution in [3.05, 3.63) is 65.1 Å². The van der Waals surface area contributed by atoms with E-state index in [1.165, 1.54) is 12.1 Å². The lowest BCUT2D eigenvalue weighted by Gasteiger charge is -2.07. The standard InChI is InChI=1S/C19H19FN2O2/c1-3-22-12(2)18(16-10-15(23)8-9-17(16)22)19(24)21-11-13-4-6-14(20)7-5-13/h4-10,23H,3,11H2,1-2H3,(H,21,24). The lowest BCUT2D eigenvalue weighted by molar-refractivity contribution is 0.0951. The number of aromatic nitrogens is 1. The summed E-state index contributed by atoms with van der Waals surface area (Å²) < 4.78 is 15.0. The van der Waals surface area contributed by atoms with Crippen molar-refractivity contribution in [3.8, 4) is 5.75 Å². The third-order valence-electron chi connectivity index (χ3n) is 4.22. The fraction of sp³-hybridized carbons (Fsp3) is 0.211. The maximum atomic E-state index is 12.9. The number of fused-ring (bicyclic) bond motifs is 1. The van der Waals surface area contributed by atoms with Crippen LogP contribution < -0.4 is 5.32 Å². The number of benzene rings is 2. The third kappa shape index (κ3) is 2.85. The number of aryl methyl sites for hydroxylation is 1. The van der Waals surface area contributed by atoms with Gasteiger partial charge in [-0.25, -0.2) is 4.39 Å². The highest BCUT2D eigenvalue weighted by molar-refractivity contribution is 6.08. The molecule has 4 nitrogen and oxygen atoms in total. The van der Waals surface area contributed by atoms with Crippen LogP contribution in [0.25, 0.3) is 10.9 Å². The van der Waals surface area contributed by atoms with Gasteiger partial charge in [0, 0.05) is 29.7 Å². The average molecular weight is 326 g/mol. The molecule has 124 valence electrons. The van der Waals surface area contributed by atoms with Gasteiger partial charge in [-0.2, -0.15) is 0 Å². The van der Waals surface area contributed by atoms with E-state index in [1.54, 1.807) is 24.3 Å². The van der Waals surface area contributed by atoms with E-state index in [-0.39, 0.29) is 17.5 Å². The van der Waals surface area contributed by atoms with Crippen molar-refractivity contribution in [1.82, 2.24) is 9.88 Å². The third-order valence-corrected chi connectivity index (χ3v) is 4.22. The summed E-state index contributed by atoms with van der Waals surface area (Å²) in [6.45, 7) is 4.96. The van der Waals surface area contributed by atoms with Crippen LogP contribution in [0.3, 0.4) is 0 Å². The Kier molecular flexibility index (Phi) is 4.25. The van der Waals surface area contributed by atoms with Crippen molar-refractivity contribution < 1.29 is 14.3 Å². The summed E-state index contributed by atoms with van der Waals surface area (Å²) in [6.07, 6.45) is 0. The first kappa shape index (κ1) is 16.1. The molecule has 0 unspecified atom stereocenters. The highest BCUT2D eigenvalue weighted by Gasteiger charge is 2.19. The van der Waals surface area contributed by atoms with Crippen molar-refractivity contribution in [1.29, 1.82) is 0 Å². The number of phenolic OH excluding ortho intramolecular Hbond substituents is 1. The molecular formula is C19H19FN2O2. The van der Waals surface area contributed by atoms with E-state index in [0.717, 1.165) is 28.7 Å². The second-order valence-corrected chi connectivity index (χ2v) is 5.72. The maximum absolute atomic E-state index is 12.9. The first-order valence-corrected chi connectivity index (χ1v) is 7.85. The lowest BCUT2D eigenvalue weighted by atomic mass is 10.1. The van der Waals surface area contributed by atoms with E-state index in [0.29, 0.717) is 12.1 Å². The first-order chi connectivity index (χ1) is 11.5. The monoisotopic (exact) mass is 326 g/mol. The molecule has 0 saturated heterocycles. The SMILES string of the molecule is CCn1c(C)c(C(=O)NCc2ccc(F)cc2)c2cc(O)ccc21. The maximum Gasteiger partial charge on any atom is 0.254 e. The summed E-state index contributed by atoms with van der Waals surface area (Å²) in [7, 11) is 0. The first-order valence-electron chi connectivity index (χ1n) is 7.85. The largest absolute Gasteiger partial charge is 0.508 e. The molecule has 2 N–H and O–H groups in total. The Morgan fingerprint density at radius 1 is 1.21 bits per heavy atom. The number of nitrogens with one attached hydrogen (secondary N) is 1. The van der Waals surface area contributed by atoms with Crippen LogP contribution in [0.15, 0.2) is 42.5 Å². The van der Waals surface area contributed by atoms with Crippen LogP contribution in [-0.2, 0) is 13.1 Å². The Bertz CT molecular complexity index is 898. The van der Waals surface area contributed by atoms with Crippen LogP contribution in [0.1, 0.15) is 28.5 Å². The second-order valence-electron chi connectivity index (χ2n) is 5.72. The van der Waals surface area contributed by atoms with E-state index in [9.17, 15) is 14.3 Å². The molecule has 5 heteroatoms. The fourth-order valence-electron chi connectivity index (χ4n) is 3.04. The van der Waals surface area contributed by atoms with Gasteiger partial charge in [-0.15, -0.1) is 0 Å². The molecule has 1 heterocycles. The Hall–Kier alpha value is -2.82. The van der Waals surface area contributed by atoms with E-state index in [1.807, 2.05) is 24.5 Å². The summed E-state index contributed by atoms with van der Waals surface area (Å²) in [5.41, 5.74) is 3.16. The highest BCUT2D eigenvalue weighted by atomic mass is 19.1. The molecule has 2 aromatic carbocycles. The number of halogens is 1. The summed E-state index contributed by atoms with van der Waals surface area (Å²) >= 11 is 0. The highest BCUT2D eigenvalue weighted by Crippen LogP contribution is 2.29. The molecule has 3 aromatic rings. The Morgan fingerprint density at radius 2 is 1.92 bits per heavy atom. The van der Waals surface area contributed by atoms with Gasteiger partial charge in [-0.3, -0.25) is 4.79 Å². The number of carbonyl (C=O) groups is 1. The second kappa shape index (κ2) is 6.35. The molecule has 3 rings (SSSR count). The number of hydrogen-bond donors (Lipinski definition) is 2. The van der Waals surface area contributed by atoms with Gasteiger partial charge in [-0.05, 0) is 49.7 Å². The van der Waals surface area contributed by atoms with Gasteiger partial charge in [0.15, 0.2) is 0 Å². The van der Waals surface area contributed by atoms with Crippen LogP contribution in [0.4, 0.5) is 4.39 Å². The van der Waals surface area contributed by atoms with Gasteiger partial charge in [0.1, 0.15) is 11.6 Å². The fourth-order valence-corrected chi connectivity index (χ4v) is 3.04. The number of amides is 1. The zero-order valence-corrected chi connectivity index (χ0v) is 13.6. The molecule has 0 fully saturated rings. The molecule has 0 aliphatic heterocycles. The molecule has 0 atom stereocenters. The summed E-state index contributed by atoms with van der Waals surface area (Å²) in [5.74, 6) is -0.384. The lowest BCUT2D eigenvalue weighted by Crippen LogP contribution is -2.23. The van der Waals surface area contributed by atoms with Crippen LogP contribution in [-0.4, -0.2) is 15.6 Å². The van der Waals surface area contributed by atoms with E-state index in [4.69, 9.17) is 0 Å². The molecule has 1 amide bonds. The summed E-state index contributed by atoms with van der Waals surface area (Å²) in [4.78, 5) is 12.7. The predicted molar refractivity (Wildman–Crippen MR) is 91.6 cm³/mol. The summed E-state index contributed by atoms with van der Waals surface area (Å²) in [6, 6.07) is 11.1. The van der Waals surface area contributed by atoms with Gasteiger partial charge in [0.25, 0.3) is 5.91 Å². The van der Waals surface area contributed by atoms with Crippen molar-refractivity contribution in [2.24, 2.45) is 0 Å². The van der Waals surface area contributed by atoms with Crippen molar-refractivity contribution in [3.63, 3.8) is 0 Å². The van der Waals surface area contributed by atoms with E-state index >= 15 is 0 Å². The molecule has 0 bridgehead atoms. The van der Waals surface area contributed by atoms with Crippen LogP contribution in [0, 0.1) is 12.7 Å². The van der Waals surface area contributed by atoms with Crippen LogP contribution in [0.5, 0.6) is 5.75 Å². The summed E-state index contributed by atoms with van der Waals surface area (Å²) in [5, 5.41) is 13.4. The smallest absolute Gasteiger partial charge is 0.254 e. The van der Waals surface area contributed by atoms with Crippen LogP contribution >= 0.6 is 0 Å². The Morgan fingerprint density at radius 3 is 2.58 bits per heavy atom. The topological polar surface area (TPSA) is 54.3 Å².